The fourth-order valence-corrected chi connectivity index (χ4v) is 5.74. The zero-order valence-electron chi connectivity index (χ0n) is 23.6. The number of unbranched alkanes of at least 4 members (excludes halogenated alkanes) is 1. The Bertz CT molecular complexity index is 985. The summed E-state index contributed by atoms with van der Waals surface area (Å²) in [5.74, 6) is 2.45. The Hall–Kier alpha value is -2.45. The summed E-state index contributed by atoms with van der Waals surface area (Å²) in [6, 6.07) is 5.41. The average molecular weight is 540 g/mol. The molecule has 214 valence electrons. The van der Waals surface area contributed by atoms with Gasteiger partial charge in [0.2, 0.25) is 5.70 Å². The third-order valence-electron chi connectivity index (χ3n) is 8.01. The van der Waals surface area contributed by atoms with E-state index in [0.717, 1.165) is 43.4 Å². The van der Waals surface area contributed by atoms with Crippen LogP contribution in [0.15, 0.2) is 47.1 Å². The lowest BCUT2D eigenvalue weighted by atomic mass is 9.81. The molecule has 2 heterocycles. The van der Waals surface area contributed by atoms with E-state index in [4.69, 9.17) is 9.47 Å². The second-order valence-corrected chi connectivity index (χ2v) is 11.3. The minimum Gasteiger partial charge on any atom is -0.504 e. The van der Waals surface area contributed by atoms with Crippen molar-refractivity contribution < 1.29 is 24.8 Å². The highest BCUT2D eigenvalue weighted by atomic mass is 16.5. The van der Waals surface area contributed by atoms with Gasteiger partial charge in [0.05, 0.1) is 18.1 Å². The Labute approximate surface area is 234 Å². The molecule has 1 saturated carbocycles. The number of phenols is 1. The summed E-state index contributed by atoms with van der Waals surface area (Å²) in [5, 5.41) is 34.2. The van der Waals surface area contributed by atoms with Gasteiger partial charge in [0, 0.05) is 19.5 Å². The van der Waals surface area contributed by atoms with Crippen LogP contribution < -0.4 is 10.1 Å². The lowest BCUT2D eigenvalue weighted by molar-refractivity contribution is -0.0480. The van der Waals surface area contributed by atoms with Crippen molar-refractivity contribution in [2.24, 2.45) is 16.8 Å². The maximum Gasteiger partial charge on any atom is 0.207 e. The first-order valence-electron chi connectivity index (χ1n) is 14.8. The van der Waals surface area contributed by atoms with Crippen molar-refractivity contribution in [1.82, 2.24) is 5.32 Å². The van der Waals surface area contributed by atoms with Crippen LogP contribution >= 0.6 is 0 Å². The molecule has 4 atom stereocenters. The number of aliphatic imine (C=N–C) groups is 1. The maximum absolute atomic E-state index is 10.8. The van der Waals surface area contributed by atoms with Crippen LogP contribution in [-0.2, 0) is 6.42 Å². The van der Waals surface area contributed by atoms with E-state index in [0.29, 0.717) is 35.9 Å². The SMILES string of the molecule is CCCCC1C=C[C-](CCc2ccc(O)c(OC[C@H](O)C3=C[C+]([C@H](CNC[C@H](C)O)C4CCCC4)C=N3)c2)[OH+]1. The van der Waals surface area contributed by atoms with Crippen molar-refractivity contribution in [2.75, 3.05) is 19.7 Å². The Morgan fingerprint density at radius 3 is 2.82 bits per heavy atom. The molecule has 7 nitrogen and oxygen atoms in total. The van der Waals surface area contributed by atoms with E-state index in [2.05, 4.69) is 29.4 Å². The zero-order valence-corrected chi connectivity index (χ0v) is 23.6. The normalized spacial score (nSPS) is 21.5. The minimum atomic E-state index is -0.894. The van der Waals surface area contributed by atoms with Crippen molar-refractivity contribution in [2.45, 2.75) is 89.9 Å². The lowest BCUT2D eigenvalue weighted by Crippen LogP contribution is -2.35. The third kappa shape index (κ3) is 8.77. The van der Waals surface area contributed by atoms with Crippen LogP contribution in [0.25, 0.3) is 0 Å². The Balaban J connectivity index is 1.28. The van der Waals surface area contributed by atoms with E-state index in [9.17, 15) is 15.3 Å². The second kappa shape index (κ2) is 14.8. The maximum atomic E-state index is 10.8. The van der Waals surface area contributed by atoms with Crippen LogP contribution in [0.4, 0.5) is 0 Å². The second-order valence-electron chi connectivity index (χ2n) is 11.3. The molecule has 1 fully saturated rings. The van der Waals surface area contributed by atoms with E-state index in [1.807, 2.05) is 24.4 Å². The monoisotopic (exact) mass is 539 g/mol. The first-order chi connectivity index (χ1) is 18.9. The quantitative estimate of drug-likeness (QED) is 0.182. The van der Waals surface area contributed by atoms with Crippen LogP contribution in [0.3, 0.4) is 0 Å². The number of rotatable bonds is 16. The van der Waals surface area contributed by atoms with Gasteiger partial charge in [-0.05, 0) is 62.6 Å². The van der Waals surface area contributed by atoms with E-state index in [1.165, 1.54) is 38.5 Å². The predicted molar refractivity (Wildman–Crippen MR) is 156 cm³/mol. The zero-order chi connectivity index (χ0) is 27.6. The molecule has 0 saturated heterocycles. The molecular weight excluding hydrogens is 492 g/mol. The number of nitrogens with one attached hydrogen (secondary N) is 1. The molecule has 1 aliphatic carbocycles. The van der Waals surface area contributed by atoms with Crippen molar-refractivity contribution in [3.8, 4) is 11.5 Å². The molecule has 0 spiro atoms. The summed E-state index contributed by atoms with van der Waals surface area (Å²) in [4.78, 5) is 4.51. The van der Waals surface area contributed by atoms with E-state index in [-0.39, 0.29) is 18.5 Å². The highest BCUT2D eigenvalue weighted by Crippen LogP contribution is 2.38. The fourth-order valence-electron chi connectivity index (χ4n) is 5.74. The Kier molecular flexibility index (Phi) is 11.2. The van der Waals surface area contributed by atoms with Crippen molar-refractivity contribution in [3.63, 3.8) is 0 Å². The summed E-state index contributed by atoms with van der Waals surface area (Å²) in [6.07, 6.45) is 18.4. The van der Waals surface area contributed by atoms with Crippen LogP contribution in [0, 0.1) is 23.9 Å². The molecule has 2 aliphatic heterocycles. The number of phenolic OH excluding ortho intramolecular Hbond substituents is 1. The number of aromatic hydroxyl groups is 1. The van der Waals surface area contributed by atoms with Gasteiger partial charge in [-0.2, -0.15) is 0 Å². The van der Waals surface area contributed by atoms with E-state index in [1.54, 1.807) is 13.0 Å². The Morgan fingerprint density at radius 1 is 1.23 bits per heavy atom. The topological polar surface area (TPSA) is 107 Å². The molecule has 3 aliphatic rings. The first-order valence-corrected chi connectivity index (χ1v) is 14.8. The highest BCUT2D eigenvalue weighted by molar-refractivity contribution is 5.83. The molecule has 39 heavy (non-hydrogen) atoms. The average Bonchev–Trinajstić information content (AvgIpc) is 3.71. The molecule has 5 N–H and O–H groups in total. The summed E-state index contributed by atoms with van der Waals surface area (Å²) in [5.41, 5.74) is 1.64. The third-order valence-corrected chi connectivity index (χ3v) is 8.01. The number of aliphatic hydroxyl groups excluding tert-OH is 2. The summed E-state index contributed by atoms with van der Waals surface area (Å²) in [6.45, 7) is 5.35. The standard InChI is InChI=1S/C32H46N2O5/c1-3-4-9-26-13-14-27(39-26)12-10-23-11-15-30(36)32(16-23)38-21-31(37)29-17-25(19-34-29)28(20-33-18-22(2)35)24-7-5-6-8-24/h11,13-17,19,22,24,26,28,31,33,35,37,39H,3-10,12,18,20-21H2,1-2H3/p+1/t22-,26?,28+,31-/m0/s1. The Morgan fingerprint density at radius 2 is 2.05 bits per heavy atom. The number of hydrogen-bond acceptors (Lipinski definition) is 6. The van der Waals surface area contributed by atoms with Gasteiger partial charge in [0.15, 0.2) is 17.6 Å². The number of nitrogens with zero attached hydrogens (tertiary/aromatic N) is 1. The van der Waals surface area contributed by atoms with Gasteiger partial charge in [-0.3, -0.25) is 0 Å². The molecule has 0 aromatic heterocycles. The van der Waals surface area contributed by atoms with Crippen molar-refractivity contribution in [3.05, 3.63) is 59.7 Å². The van der Waals surface area contributed by atoms with Crippen LogP contribution in [-0.4, -0.2) is 64.3 Å². The first kappa shape index (κ1) is 29.5. The van der Waals surface area contributed by atoms with Crippen LogP contribution in [0.1, 0.15) is 70.8 Å². The molecule has 4 rings (SSSR count). The predicted octanol–water partition coefficient (Wildman–Crippen LogP) is 4.57. The number of aliphatic hydroxyl groups is 4. The van der Waals surface area contributed by atoms with E-state index < -0.39 is 6.10 Å². The lowest BCUT2D eigenvalue weighted by Gasteiger charge is -2.22. The molecule has 1 aromatic carbocycles. The molecular formula is C32H47N2O5+. The summed E-state index contributed by atoms with van der Waals surface area (Å²) >= 11 is 0. The minimum absolute atomic E-state index is 0.0103. The van der Waals surface area contributed by atoms with Crippen molar-refractivity contribution in [1.29, 1.82) is 0 Å². The van der Waals surface area contributed by atoms with Gasteiger partial charge in [-0.15, -0.1) is 17.1 Å². The molecule has 7 heteroatoms. The van der Waals surface area contributed by atoms with Gasteiger partial charge >= 0.3 is 0 Å². The van der Waals surface area contributed by atoms with E-state index >= 15 is 0 Å². The van der Waals surface area contributed by atoms with Crippen LogP contribution in [0.2, 0.25) is 0 Å². The molecule has 0 amide bonds. The smallest absolute Gasteiger partial charge is 0.207 e. The van der Waals surface area contributed by atoms with Gasteiger partial charge in [0.1, 0.15) is 30.9 Å². The number of aryl methyl sites for hydroxylation is 1. The largest absolute Gasteiger partial charge is 0.504 e. The fraction of sp³-hybridized carbons (Fsp3) is 0.594. The highest BCUT2D eigenvalue weighted by Gasteiger charge is 2.39. The summed E-state index contributed by atoms with van der Waals surface area (Å²) < 4.78 is 10.7. The number of ether oxygens (including phenoxy) is 2. The summed E-state index contributed by atoms with van der Waals surface area (Å²) in [7, 11) is 0. The van der Waals surface area contributed by atoms with Gasteiger partial charge in [-0.1, -0.05) is 32.3 Å². The van der Waals surface area contributed by atoms with Gasteiger partial charge < -0.3 is 30.1 Å². The molecule has 1 aromatic rings. The van der Waals surface area contributed by atoms with Crippen LogP contribution in [0.5, 0.6) is 11.5 Å². The van der Waals surface area contributed by atoms with Gasteiger partial charge in [-0.25, -0.2) is 0 Å². The molecule has 0 bridgehead atoms. The van der Waals surface area contributed by atoms with Crippen molar-refractivity contribution >= 4 is 6.21 Å². The number of hydrogen-bond donors (Lipinski definition) is 4. The number of allylic oxidation sites excluding steroid dienone is 1. The van der Waals surface area contributed by atoms with Gasteiger partial charge in [0.25, 0.3) is 0 Å². The molecule has 0 radical (unpaired) electrons. The number of benzene rings is 1. The molecule has 1 unspecified atom stereocenters.